The molecule has 6 heteroatoms. The molecule has 0 spiro atoms. The van der Waals surface area contributed by atoms with Crippen LogP contribution >= 0.6 is 0 Å². The lowest BCUT2D eigenvalue weighted by molar-refractivity contribution is 0.246. The van der Waals surface area contributed by atoms with Gasteiger partial charge in [0.15, 0.2) is 0 Å². The highest BCUT2D eigenvalue weighted by atomic mass is 32.2. The van der Waals surface area contributed by atoms with E-state index in [2.05, 4.69) is 21.8 Å². The maximum Gasteiger partial charge on any atom is 0.244 e. The normalized spacial score (nSPS) is 16.7. The summed E-state index contributed by atoms with van der Waals surface area (Å²) in [7, 11) is -2.16. The predicted molar refractivity (Wildman–Crippen MR) is 98.2 cm³/mol. The summed E-state index contributed by atoms with van der Waals surface area (Å²) >= 11 is 0. The molecule has 1 heterocycles. The quantitative estimate of drug-likeness (QED) is 0.825. The zero-order chi connectivity index (χ0) is 17.7. The molecule has 2 aromatic carbocycles. The Morgan fingerprint density at radius 2 is 1.68 bits per heavy atom. The van der Waals surface area contributed by atoms with Gasteiger partial charge in [0.1, 0.15) is 10.6 Å². The third kappa shape index (κ3) is 4.21. The van der Waals surface area contributed by atoms with Crippen molar-refractivity contribution in [2.75, 3.05) is 26.7 Å². The number of likely N-dealkylation sites (tertiary alicyclic amines) is 1. The van der Waals surface area contributed by atoms with Crippen molar-refractivity contribution in [3.63, 3.8) is 0 Å². The van der Waals surface area contributed by atoms with Crippen molar-refractivity contribution >= 4 is 10.0 Å². The molecule has 1 saturated heterocycles. The van der Waals surface area contributed by atoms with Crippen LogP contribution in [0.15, 0.2) is 59.5 Å². The van der Waals surface area contributed by atoms with Crippen LogP contribution in [0.25, 0.3) is 0 Å². The minimum absolute atomic E-state index is 0.0354. The Morgan fingerprint density at radius 3 is 2.36 bits per heavy atom. The van der Waals surface area contributed by atoms with E-state index in [1.54, 1.807) is 24.3 Å². The molecule has 1 aliphatic rings. The van der Waals surface area contributed by atoms with E-state index in [9.17, 15) is 8.42 Å². The van der Waals surface area contributed by atoms with Gasteiger partial charge in [-0.05, 0) is 43.6 Å². The number of nitrogens with one attached hydrogen (secondary N) is 1. The van der Waals surface area contributed by atoms with Gasteiger partial charge in [0.25, 0.3) is 0 Å². The lowest BCUT2D eigenvalue weighted by Crippen LogP contribution is -2.36. The molecule has 1 aliphatic heterocycles. The van der Waals surface area contributed by atoms with E-state index in [4.69, 9.17) is 4.74 Å². The Kier molecular flexibility index (Phi) is 5.73. The summed E-state index contributed by atoms with van der Waals surface area (Å²) < 4.78 is 33.5. The van der Waals surface area contributed by atoms with Crippen molar-refractivity contribution in [2.45, 2.75) is 23.8 Å². The first-order valence-corrected chi connectivity index (χ1v) is 10.0. The molecule has 3 rings (SSSR count). The van der Waals surface area contributed by atoms with Crippen LogP contribution in [0.4, 0.5) is 0 Å². The van der Waals surface area contributed by atoms with Crippen molar-refractivity contribution in [1.82, 2.24) is 9.62 Å². The van der Waals surface area contributed by atoms with Crippen molar-refractivity contribution < 1.29 is 13.2 Å². The van der Waals surface area contributed by atoms with Crippen LogP contribution < -0.4 is 9.46 Å². The molecule has 0 radical (unpaired) electrons. The first-order chi connectivity index (χ1) is 12.1. The van der Waals surface area contributed by atoms with Gasteiger partial charge in [-0.1, -0.05) is 42.5 Å². The highest BCUT2D eigenvalue weighted by Crippen LogP contribution is 2.26. The van der Waals surface area contributed by atoms with Crippen molar-refractivity contribution in [3.05, 3.63) is 60.2 Å². The van der Waals surface area contributed by atoms with Crippen molar-refractivity contribution in [1.29, 1.82) is 0 Å². The third-order valence-corrected chi connectivity index (χ3v) is 6.05. The summed E-state index contributed by atoms with van der Waals surface area (Å²) in [5, 5.41) is 0. The van der Waals surface area contributed by atoms with E-state index in [1.165, 1.54) is 7.11 Å². The summed E-state index contributed by atoms with van der Waals surface area (Å²) in [6.07, 6.45) is 2.31. The highest BCUT2D eigenvalue weighted by Gasteiger charge is 2.26. The fourth-order valence-electron chi connectivity index (χ4n) is 3.29. The van der Waals surface area contributed by atoms with Gasteiger partial charge in [0.05, 0.1) is 7.11 Å². The molecule has 2 aromatic rings. The molecule has 1 unspecified atom stereocenters. The second-order valence-corrected chi connectivity index (χ2v) is 7.91. The van der Waals surface area contributed by atoms with Crippen LogP contribution in [0.1, 0.15) is 24.4 Å². The van der Waals surface area contributed by atoms with Gasteiger partial charge in [0.2, 0.25) is 10.0 Å². The molecular weight excluding hydrogens is 336 g/mol. The zero-order valence-electron chi connectivity index (χ0n) is 14.4. The SMILES string of the molecule is COc1ccccc1S(=O)(=O)NCC(c1ccccc1)N1CCCC1. The number of hydrogen-bond acceptors (Lipinski definition) is 4. The minimum Gasteiger partial charge on any atom is -0.495 e. The topological polar surface area (TPSA) is 58.6 Å². The largest absolute Gasteiger partial charge is 0.495 e. The number of nitrogens with zero attached hydrogens (tertiary/aromatic N) is 1. The second-order valence-electron chi connectivity index (χ2n) is 6.17. The molecule has 0 saturated carbocycles. The van der Waals surface area contributed by atoms with Crippen LogP contribution in [0.2, 0.25) is 0 Å². The zero-order valence-corrected chi connectivity index (χ0v) is 15.2. The van der Waals surface area contributed by atoms with Crippen LogP contribution in [0.3, 0.4) is 0 Å². The summed E-state index contributed by atoms with van der Waals surface area (Å²) in [6.45, 7) is 2.33. The Hall–Kier alpha value is -1.89. The summed E-state index contributed by atoms with van der Waals surface area (Å²) in [5.74, 6) is 0.354. The van der Waals surface area contributed by atoms with E-state index in [-0.39, 0.29) is 10.9 Å². The lowest BCUT2D eigenvalue weighted by atomic mass is 10.1. The number of rotatable bonds is 7. The molecule has 25 heavy (non-hydrogen) atoms. The maximum absolute atomic E-state index is 12.8. The second kappa shape index (κ2) is 7.99. The summed E-state index contributed by atoms with van der Waals surface area (Å²) in [6, 6.07) is 16.8. The number of methoxy groups -OCH3 is 1. The van der Waals surface area contributed by atoms with Crippen LogP contribution in [-0.4, -0.2) is 40.1 Å². The van der Waals surface area contributed by atoms with Gasteiger partial charge < -0.3 is 4.74 Å². The van der Waals surface area contributed by atoms with E-state index in [1.807, 2.05) is 18.2 Å². The first-order valence-electron chi connectivity index (χ1n) is 8.53. The predicted octanol–water partition coefficient (Wildman–Crippen LogP) is 2.81. The summed E-state index contributed by atoms with van der Waals surface area (Å²) in [4.78, 5) is 2.52. The number of benzene rings is 2. The van der Waals surface area contributed by atoms with Gasteiger partial charge in [-0.25, -0.2) is 13.1 Å². The maximum atomic E-state index is 12.8. The summed E-state index contributed by atoms with van der Waals surface area (Å²) in [5.41, 5.74) is 1.13. The monoisotopic (exact) mass is 360 g/mol. The van der Waals surface area contributed by atoms with Crippen molar-refractivity contribution in [3.8, 4) is 5.75 Å². The van der Waals surface area contributed by atoms with Gasteiger partial charge in [-0.15, -0.1) is 0 Å². The Bertz CT molecular complexity index is 787. The number of ether oxygens (including phenoxy) is 1. The fraction of sp³-hybridized carbons (Fsp3) is 0.368. The molecule has 134 valence electrons. The Labute approximate surface area is 149 Å². The van der Waals surface area contributed by atoms with E-state index < -0.39 is 10.0 Å². The number of para-hydroxylation sites is 1. The molecule has 1 atom stereocenters. The Balaban J connectivity index is 1.80. The minimum atomic E-state index is -3.64. The smallest absolute Gasteiger partial charge is 0.244 e. The van der Waals surface area contributed by atoms with E-state index >= 15 is 0 Å². The molecule has 0 aromatic heterocycles. The van der Waals surface area contributed by atoms with Gasteiger partial charge in [-0.2, -0.15) is 0 Å². The van der Waals surface area contributed by atoms with Crippen molar-refractivity contribution in [2.24, 2.45) is 0 Å². The average molecular weight is 360 g/mol. The molecule has 0 aliphatic carbocycles. The number of sulfonamides is 1. The van der Waals surface area contributed by atoms with E-state index in [0.717, 1.165) is 31.5 Å². The fourth-order valence-corrected chi connectivity index (χ4v) is 4.50. The van der Waals surface area contributed by atoms with Crippen LogP contribution in [0, 0.1) is 0 Å². The van der Waals surface area contributed by atoms with Gasteiger partial charge in [0, 0.05) is 12.6 Å². The first kappa shape index (κ1) is 17.9. The molecular formula is C19H24N2O3S. The lowest BCUT2D eigenvalue weighted by Gasteiger charge is -2.28. The number of hydrogen-bond donors (Lipinski definition) is 1. The van der Waals surface area contributed by atoms with Gasteiger partial charge >= 0.3 is 0 Å². The third-order valence-electron chi connectivity index (χ3n) is 4.59. The average Bonchev–Trinajstić information content (AvgIpc) is 3.17. The van der Waals surface area contributed by atoms with E-state index in [0.29, 0.717) is 12.3 Å². The molecule has 1 fully saturated rings. The standard InChI is InChI=1S/C19H24N2O3S/c1-24-18-11-5-6-12-19(18)25(22,23)20-15-17(21-13-7-8-14-21)16-9-3-2-4-10-16/h2-6,9-12,17,20H,7-8,13-15H2,1H3. The highest BCUT2D eigenvalue weighted by molar-refractivity contribution is 7.89. The molecule has 0 amide bonds. The molecule has 0 bridgehead atoms. The van der Waals surface area contributed by atoms with Crippen LogP contribution in [0.5, 0.6) is 5.75 Å². The Morgan fingerprint density at radius 1 is 1.04 bits per heavy atom. The van der Waals surface area contributed by atoms with Crippen LogP contribution in [-0.2, 0) is 10.0 Å². The van der Waals surface area contributed by atoms with Gasteiger partial charge in [-0.3, -0.25) is 4.90 Å². The molecule has 1 N–H and O–H groups in total. The molecule has 5 nitrogen and oxygen atoms in total.